The van der Waals surface area contributed by atoms with Crippen molar-refractivity contribution < 1.29 is 13.2 Å². The van der Waals surface area contributed by atoms with E-state index in [4.69, 9.17) is 0 Å². The smallest absolute Gasteiger partial charge is 0.274 e. The number of benzene rings is 1. The number of fused-ring (bicyclic) bond motifs is 1. The molecule has 0 bridgehead atoms. The van der Waals surface area contributed by atoms with Gasteiger partial charge in [0.2, 0.25) is 15.9 Å². The van der Waals surface area contributed by atoms with Crippen LogP contribution < -0.4 is 5.56 Å². The Morgan fingerprint density at radius 2 is 1.72 bits per heavy atom. The fraction of sp³-hybridized carbons (Fsp3) is 0.438. The predicted octanol–water partition coefficient (Wildman–Crippen LogP) is -0.420. The third-order valence-corrected chi connectivity index (χ3v) is 5.72. The van der Waals surface area contributed by atoms with E-state index in [0.29, 0.717) is 42.6 Å². The quantitative estimate of drug-likeness (QED) is 0.738. The summed E-state index contributed by atoms with van der Waals surface area (Å²) in [5.41, 5.74) is 0.349. The third kappa shape index (κ3) is 3.57. The van der Waals surface area contributed by atoms with Crippen LogP contribution in [0.3, 0.4) is 0 Å². The van der Waals surface area contributed by atoms with Crippen LogP contribution in [0.1, 0.15) is 5.69 Å². The number of sulfonamides is 1. The average Bonchev–Trinajstić information content (AvgIpc) is 2.59. The van der Waals surface area contributed by atoms with Gasteiger partial charge in [-0.2, -0.15) is 9.40 Å². The van der Waals surface area contributed by atoms with Crippen molar-refractivity contribution in [1.29, 1.82) is 0 Å². The largest absolute Gasteiger partial charge is 0.340 e. The minimum Gasteiger partial charge on any atom is -0.340 e. The van der Waals surface area contributed by atoms with E-state index in [-0.39, 0.29) is 17.9 Å². The lowest BCUT2D eigenvalue weighted by atomic mass is 10.1. The molecule has 1 fully saturated rings. The van der Waals surface area contributed by atoms with Crippen LogP contribution in [0.5, 0.6) is 0 Å². The first-order valence-corrected chi connectivity index (χ1v) is 9.80. The maximum atomic E-state index is 12.6. The molecule has 3 rings (SSSR count). The van der Waals surface area contributed by atoms with Gasteiger partial charge in [-0.05, 0) is 6.07 Å². The molecule has 0 radical (unpaired) electrons. The second-order valence-corrected chi connectivity index (χ2v) is 8.12. The molecule has 8 nitrogen and oxygen atoms in total. The van der Waals surface area contributed by atoms with Crippen LogP contribution >= 0.6 is 0 Å². The normalized spacial score (nSPS) is 16.3. The van der Waals surface area contributed by atoms with Crippen molar-refractivity contribution in [2.75, 3.05) is 32.4 Å². The molecule has 1 amide bonds. The lowest BCUT2D eigenvalue weighted by Crippen LogP contribution is -2.50. The Balaban J connectivity index is 1.80. The van der Waals surface area contributed by atoms with E-state index in [9.17, 15) is 18.0 Å². The summed E-state index contributed by atoms with van der Waals surface area (Å²) in [5, 5.41) is 5.45. The number of hydrogen-bond donors (Lipinski definition) is 0. The second kappa shape index (κ2) is 6.57. The van der Waals surface area contributed by atoms with Crippen LogP contribution in [0, 0.1) is 0 Å². The SMILES string of the molecule is Cn1nc(CC(=O)N2CCN(S(C)(=O)=O)CC2)c2ccccc2c1=O. The summed E-state index contributed by atoms with van der Waals surface area (Å²) in [6.45, 7) is 1.31. The topological polar surface area (TPSA) is 92.6 Å². The maximum absolute atomic E-state index is 12.6. The first-order chi connectivity index (χ1) is 11.8. The Morgan fingerprint density at radius 3 is 2.32 bits per heavy atom. The number of nitrogens with zero attached hydrogens (tertiary/aromatic N) is 4. The molecular weight excluding hydrogens is 344 g/mol. The van der Waals surface area contributed by atoms with E-state index in [1.807, 2.05) is 6.07 Å². The third-order valence-electron chi connectivity index (χ3n) is 4.41. The summed E-state index contributed by atoms with van der Waals surface area (Å²) in [6.07, 6.45) is 1.25. The first kappa shape index (κ1) is 17.6. The van der Waals surface area contributed by atoms with Gasteiger partial charge in [-0.1, -0.05) is 18.2 Å². The van der Waals surface area contributed by atoms with Gasteiger partial charge >= 0.3 is 0 Å². The molecule has 0 spiro atoms. The number of hydrogen-bond acceptors (Lipinski definition) is 5. The highest BCUT2D eigenvalue weighted by Crippen LogP contribution is 2.15. The van der Waals surface area contributed by atoms with Crippen LogP contribution in [0.2, 0.25) is 0 Å². The van der Waals surface area contributed by atoms with Crippen molar-refractivity contribution >= 4 is 26.7 Å². The molecule has 2 heterocycles. The van der Waals surface area contributed by atoms with Gasteiger partial charge in [-0.25, -0.2) is 13.1 Å². The zero-order valence-electron chi connectivity index (χ0n) is 14.2. The highest BCUT2D eigenvalue weighted by molar-refractivity contribution is 7.88. The summed E-state index contributed by atoms with van der Waals surface area (Å²) in [7, 11) is -1.67. The fourth-order valence-electron chi connectivity index (χ4n) is 3.03. The number of amides is 1. The number of carbonyl (C=O) groups excluding carboxylic acids is 1. The van der Waals surface area contributed by atoms with Crippen molar-refractivity contribution in [2.45, 2.75) is 6.42 Å². The lowest BCUT2D eigenvalue weighted by Gasteiger charge is -2.33. The monoisotopic (exact) mass is 364 g/mol. The summed E-state index contributed by atoms with van der Waals surface area (Å²) < 4.78 is 25.7. The number of piperazine rings is 1. The summed E-state index contributed by atoms with van der Waals surface area (Å²) in [6, 6.07) is 7.09. The predicted molar refractivity (Wildman–Crippen MR) is 93.7 cm³/mol. The number of aryl methyl sites for hydroxylation is 1. The van der Waals surface area contributed by atoms with Crippen LogP contribution in [0.25, 0.3) is 10.8 Å². The highest BCUT2D eigenvalue weighted by atomic mass is 32.2. The molecule has 0 atom stereocenters. The second-order valence-electron chi connectivity index (χ2n) is 6.14. The Morgan fingerprint density at radius 1 is 1.12 bits per heavy atom. The summed E-state index contributed by atoms with van der Waals surface area (Å²) in [5.74, 6) is -0.121. The minimum absolute atomic E-state index is 0.0769. The number of rotatable bonds is 3. The van der Waals surface area contributed by atoms with Gasteiger partial charge in [0, 0.05) is 38.6 Å². The van der Waals surface area contributed by atoms with Crippen molar-refractivity contribution in [1.82, 2.24) is 19.0 Å². The van der Waals surface area contributed by atoms with Crippen molar-refractivity contribution in [3.8, 4) is 0 Å². The van der Waals surface area contributed by atoms with Gasteiger partial charge in [0.1, 0.15) is 0 Å². The molecule has 0 aliphatic carbocycles. The van der Waals surface area contributed by atoms with Crippen LogP contribution in [-0.4, -0.2) is 65.7 Å². The molecule has 134 valence electrons. The lowest BCUT2D eigenvalue weighted by molar-refractivity contribution is -0.131. The van der Waals surface area contributed by atoms with E-state index < -0.39 is 10.0 Å². The first-order valence-electron chi connectivity index (χ1n) is 7.95. The van der Waals surface area contributed by atoms with E-state index in [1.54, 1.807) is 30.1 Å². The average molecular weight is 364 g/mol. The molecule has 9 heteroatoms. The molecule has 1 aromatic carbocycles. The standard InChI is InChI=1S/C16H20N4O4S/c1-18-16(22)13-6-4-3-5-12(13)14(17-18)11-15(21)19-7-9-20(10-8-19)25(2,23)24/h3-6H,7-11H2,1-2H3. The van der Waals surface area contributed by atoms with E-state index in [2.05, 4.69) is 5.10 Å². The Hall–Kier alpha value is -2.26. The molecule has 2 aromatic rings. The zero-order valence-corrected chi connectivity index (χ0v) is 15.0. The van der Waals surface area contributed by atoms with Crippen molar-refractivity contribution in [2.24, 2.45) is 7.05 Å². The van der Waals surface area contributed by atoms with E-state index in [1.165, 1.54) is 15.2 Å². The summed E-state index contributed by atoms with van der Waals surface area (Å²) >= 11 is 0. The molecule has 0 saturated carbocycles. The fourth-order valence-corrected chi connectivity index (χ4v) is 3.86. The molecule has 1 aliphatic rings. The van der Waals surface area contributed by atoms with Gasteiger partial charge < -0.3 is 4.90 Å². The van der Waals surface area contributed by atoms with E-state index in [0.717, 1.165) is 0 Å². The van der Waals surface area contributed by atoms with Gasteiger partial charge in [-0.3, -0.25) is 9.59 Å². The molecular formula is C16H20N4O4S. The number of aromatic nitrogens is 2. The van der Waals surface area contributed by atoms with E-state index >= 15 is 0 Å². The van der Waals surface area contributed by atoms with Crippen LogP contribution in [0.4, 0.5) is 0 Å². The highest BCUT2D eigenvalue weighted by Gasteiger charge is 2.26. The molecule has 1 aromatic heterocycles. The molecule has 0 N–H and O–H groups in total. The number of carbonyl (C=O) groups is 1. The van der Waals surface area contributed by atoms with Gasteiger partial charge in [0.05, 0.1) is 23.8 Å². The Labute approximate surface area is 145 Å². The molecule has 25 heavy (non-hydrogen) atoms. The Bertz CT molecular complexity index is 975. The van der Waals surface area contributed by atoms with Gasteiger partial charge in [0.15, 0.2) is 0 Å². The molecule has 1 saturated heterocycles. The Kier molecular flexibility index (Phi) is 4.61. The maximum Gasteiger partial charge on any atom is 0.274 e. The zero-order chi connectivity index (χ0) is 18.2. The van der Waals surface area contributed by atoms with Crippen LogP contribution in [-0.2, 0) is 28.3 Å². The van der Waals surface area contributed by atoms with Gasteiger partial charge in [-0.15, -0.1) is 0 Å². The van der Waals surface area contributed by atoms with Crippen LogP contribution in [0.15, 0.2) is 29.1 Å². The molecule has 1 aliphatic heterocycles. The van der Waals surface area contributed by atoms with Gasteiger partial charge in [0.25, 0.3) is 5.56 Å². The minimum atomic E-state index is -3.23. The summed E-state index contributed by atoms with van der Waals surface area (Å²) in [4.78, 5) is 26.4. The van der Waals surface area contributed by atoms with Crippen molar-refractivity contribution in [3.05, 3.63) is 40.3 Å². The van der Waals surface area contributed by atoms with Crippen molar-refractivity contribution in [3.63, 3.8) is 0 Å². The molecule has 0 unspecified atom stereocenters.